The minimum Gasteiger partial charge on any atom is -0.446 e. The summed E-state index contributed by atoms with van der Waals surface area (Å²) in [6.07, 6.45) is -1.19. The summed E-state index contributed by atoms with van der Waals surface area (Å²) in [5.41, 5.74) is 1.57. The van der Waals surface area contributed by atoms with Gasteiger partial charge in [-0.25, -0.2) is 9.97 Å². The number of nitrogens with one attached hydrogen (secondary N) is 2. The zero-order chi connectivity index (χ0) is 38.4. The molecule has 53 heavy (non-hydrogen) atoms. The molecular weight excluding hydrogens is 731 g/mol. The quantitative estimate of drug-likeness (QED) is 0.129. The molecule has 2 fully saturated rings. The Labute approximate surface area is 317 Å². The van der Waals surface area contributed by atoms with Crippen LogP contribution in [0, 0.1) is 5.92 Å². The maximum Gasteiger partial charge on any atom is 0.358 e. The number of thiocarbonyl (C=S) groups is 1. The molecule has 16 heteroatoms. The Morgan fingerprint density at radius 1 is 0.962 bits per heavy atom. The van der Waals surface area contributed by atoms with E-state index in [0.29, 0.717) is 27.7 Å². The first-order valence-electron chi connectivity index (χ1n) is 18.4. The SMILES string of the molecule is CC(C)C(=O)Nc1nc2cc3c(cc2c(=O)[nH]1)ncn3[C@@H]1O[C@@H]2CO[Si](C(C)C)(C(C)C)O[Si](C(C)C)(C(C)C)O[C@H]2[C@H]1OC(=S)Oc1ccccc1. The minimum atomic E-state index is -3.09. The Bertz CT molecular complexity index is 2000. The van der Waals surface area contributed by atoms with E-state index in [4.69, 9.17) is 39.4 Å². The maximum absolute atomic E-state index is 13.1. The Balaban J connectivity index is 1.47. The van der Waals surface area contributed by atoms with Gasteiger partial charge in [0.15, 0.2) is 12.3 Å². The second-order valence-electron chi connectivity index (χ2n) is 15.4. The summed E-state index contributed by atoms with van der Waals surface area (Å²) in [6.45, 7) is 21.1. The van der Waals surface area contributed by atoms with E-state index in [-0.39, 0.29) is 51.8 Å². The van der Waals surface area contributed by atoms with Crippen LogP contribution in [0.2, 0.25) is 22.2 Å². The Hall–Kier alpha value is -3.52. The van der Waals surface area contributed by atoms with Crippen LogP contribution in [0.15, 0.2) is 53.6 Å². The first-order chi connectivity index (χ1) is 25.1. The number of benzene rings is 2. The molecule has 2 aliphatic heterocycles. The van der Waals surface area contributed by atoms with Crippen LogP contribution in [0.1, 0.15) is 75.5 Å². The summed E-state index contributed by atoms with van der Waals surface area (Å²) in [4.78, 5) is 37.5. The van der Waals surface area contributed by atoms with Gasteiger partial charge >= 0.3 is 22.4 Å². The lowest BCUT2D eigenvalue weighted by Crippen LogP contribution is -2.66. The lowest BCUT2D eigenvalue weighted by molar-refractivity contribution is -0.118. The third-order valence-corrected chi connectivity index (χ3v) is 20.7. The molecule has 6 rings (SSSR count). The van der Waals surface area contributed by atoms with E-state index in [1.165, 1.54) is 0 Å². The van der Waals surface area contributed by atoms with Crippen LogP contribution in [-0.2, 0) is 27.2 Å². The fourth-order valence-corrected chi connectivity index (χ4v) is 18.8. The van der Waals surface area contributed by atoms with Gasteiger partial charge < -0.3 is 31.7 Å². The topological polar surface area (TPSA) is 148 Å². The monoisotopic (exact) mass is 781 g/mol. The lowest BCUT2D eigenvalue weighted by atomic mass is 10.1. The third kappa shape index (κ3) is 7.46. The van der Waals surface area contributed by atoms with Gasteiger partial charge in [-0.05, 0) is 46.4 Å². The Kier molecular flexibility index (Phi) is 11.3. The number of rotatable bonds is 9. The first kappa shape index (κ1) is 39.2. The Morgan fingerprint density at radius 3 is 2.25 bits per heavy atom. The van der Waals surface area contributed by atoms with Crippen LogP contribution in [0.5, 0.6) is 5.75 Å². The zero-order valence-corrected chi connectivity index (χ0v) is 34.9. The van der Waals surface area contributed by atoms with Crippen molar-refractivity contribution in [2.75, 3.05) is 11.9 Å². The van der Waals surface area contributed by atoms with Crippen molar-refractivity contribution >= 4 is 68.4 Å². The fraction of sp³-hybridized carbons (Fsp3) is 0.541. The molecule has 286 valence electrons. The lowest BCUT2D eigenvalue weighted by Gasteiger charge is -2.51. The Morgan fingerprint density at radius 2 is 1.62 bits per heavy atom. The van der Waals surface area contributed by atoms with Crippen molar-refractivity contribution in [1.29, 1.82) is 0 Å². The number of hydrogen-bond donors (Lipinski definition) is 2. The number of para-hydroxylation sites is 1. The van der Waals surface area contributed by atoms with Gasteiger partial charge in [-0.3, -0.25) is 19.9 Å². The van der Waals surface area contributed by atoms with Gasteiger partial charge in [-0.2, -0.15) is 0 Å². The standard InChI is InChI=1S/C37H51N5O8SSi2/c1-20(2)33(43)40-36-39-27-17-29-28(16-26(27)34(44)41-36)38-19-42(29)35-32(48-37(51)46-25-14-12-11-13-15-25)31-30(47-35)18-45-52(21(3)4,22(5)6)50-53(49-31,23(7)8)24(9)10/h11-17,19-24,30-32,35H,18H2,1-10H3,(H2,39,40,41,43,44)/t30-,31-,32-,35-/m1/s1. The molecule has 0 saturated carbocycles. The van der Waals surface area contributed by atoms with Crippen molar-refractivity contribution in [3.8, 4) is 5.75 Å². The molecule has 1 amide bonds. The predicted molar refractivity (Wildman–Crippen MR) is 211 cm³/mol. The molecule has 0 bridgehead atoms. The molecule has 0 unspecified atom stereocenters. The number of fused-ring (bicyclic) bond motifs is 3. The molecule has 2 N–H and O–H groups in total. The average Bonchev–Trinajstić information content (AvgIpc) is 3.63. The number of aromatic nitrogens is 4. The molecule has 2 saturated heterocycles. The molecular formula is C37H51N5O8SSi2. The molecule has 2 aliphatic rings. The van der Waals surface area contributed by atoms with E-state index in [0.717, 1.165) is 0 Å². The highest BCUT2D eigenvalue weighted by Crippen LogP contribution is 2.49. The smallest absolute Gasteiger partial charge is 0.358 e. The summed E-state index contributed by atoms with van der Waals surface area (Å²) in [6, 6.07) is 12.6. The van der Waals surface area contributed by atoms with Crippen LogP contribution < -0.4 is 15.6 Å². The number of imidazole rings is 1. The molecule has 4 heterocycles. The van der Waals surface area contributed by atoms with E-state index in [1.807, 2.05) is 22.8 Å². The van der Waals surface area contributed by atoms with E-state index in [2.05, 4.69) is 75.7 Å². The van der Waals surface area contributed by atoms with Crippen molar-refractivity contribution in [2.24, 2.45) is 5.92 Å². The van der Waals surface area contributed by atoms with Crippen molar-refractivity contribution in [1.82, 2.24) is 19.5 Å². The van der Waals surface area contributed by atoms with E-state index >= 15 is 0 Å². The van der Waals surface area contributed by atoms with Gasteiger partial charge in [0.2, 0.25) is 11.9 Å². The number of nitrogens with zero attached hydrogens (tertiary/aromatic N) is 3. The van der Waals surface area contributed by atoms with Gasteiger partial charge in [0.05, 0.1) is 34.9 Å². The van der Waals surface area contributed by atoms with Crippen molar-refractivity contribution in [3.63, 3.8) is 0 Å². The minimum absolute atomic E-state index is 0.0593. The first-order valence-corrected chi connectivity index (χ1v) is 22.7. The molecule has 0 aliphatic carbocycles. The summed E-state index contributed by atoms with van der Waals surface area (Å²) < 4.78 is 43.2. The molecule has 2 aromatic carbocycles. The summed E-state index contributed by atoms with van der Waals surface area (Å²) in [7, 11) is -5.95. The van der Waals surface area contributed by atoms with Crippen LogP contribution >= 0.6 is 12.2 Å². The van der Waals surface area contributed by atoms with Gasteiger partial charge in [0.1, 0.15) is 18.0 Å². The number of H-pyrrole nitrogens is 1. The highest BCUT2D eigenvalue weighted by atomic mass is 32.1. The molecule has 4 atom stereocenters. The van der Waals surface area contributed by atoms with Gasteiger partial charge in [0.25, 0.3) is 5.56 Å². The van der Waals surface area contributed by atoms with Crippen LogP contribution in [-0.4, -0.2) is 72.7 Å². The van der Waals surface area contributed by atoms with Crippen molar-refractivity contribution < 1.29 is 32.0 Å². The second-order valence-corrected chi connectivity index (χ2v) is 24.6. The summed E-state index contributed by atoms with van der Waals surface area (Å²) in [5.74, 6) is 0.0217. The number of hydrogen-bond acceptors (Lipinski definition) is 11. The summed E-state index contributed by atoms with van der Waals surface area (Å²) >= 11 is 5.71. The van der Waals surface area contributed by atoms with Gasteiger partial charge in [-0.15, -0.1) is 0 Å². The van der Waals surface area contributed by atoms with Crippen LogP contribution in [0.3, 0.4) is 0 Å². The molecule has 0 spiro atoms. The van der Waals surface area contributed by atoms with Crippen molar-refractivity contribution in [3.05, 3.63) is 59.1 Å². The van der Waals surface area contributed by atoms with Crippen molar-refractivity contribution in [2.45, 2.75) is 116 Å². The molecule has 4 aromatic rings. The highest BCUT2D eigenvalue weighted by molar-refractivity contribution is 7.79. The van der Waals surface area contributed by atoms with Crippen LogP contribution in [0.4, 0.5) is 5.95 Å². The van der Waals surface area contributed by atoms with E-state index < -0.39 is 47.2 Å². The molecule has 13 nitrogen and oxygen atoms in total. The molecule has 2 aromatic heterocycles. The second kappa shape index (κ2) is 15.3. The zero-order valence-electron chi connectivity index (χ0n) is 32.0. The predicted octanol–water partition coefficient (Wildman–Crippen LogP) is 7.47. The number of anilines is 1. The average molecular weight is 782 g/mol. The van der Waals surface area contributed by atoms with Gasteiger partial charge in [0, 0.05) is 18.1 Å². The highest BCUT2D eigenvalue weighted by Gasteiger charge is 2.62. The third-order valence-electron chi connectivity index (χ3n) is 10.2. The normalized spacial score (nSPS) is 22.8. The van der Waals surface area contributed by atoms with E-state index in [9.17, 15) is 9.59 Å². The number of amides is 1. The largest absolute Gasteiger partial charge is 0.446 e. The number of aromatic amines is 1. The van der Waals surface area contributed by atoms with E-state index in [1.54, 1.807) is 44.4 Å². The number of ether oxygens (including phenoxy) is 3. The summed E-state index contributed by atoms with van der Waals surface area (Å²) in [5, 5.41) is 2.93. The maximum atomic E-state index is 13.1. The number of carbonyl (C=O) groups is 1. The number of carbonyl (C=O) groups excluding carboxylic acids is 1. The fourth-order valence-electron chi connectivity index (χ4n) is 7.38. The molecule has 0 radical (unpaired) electrons. The van der Waals surface area contributed by atoms with Crippen LogP contribution in [0.25, 0.3) is 21.9 Å². The van der Waals surface area contributed by atoms with Gasteiger partial charge in [-0.1, -0.05) is 87.4 Å².